The van der Waals surface area contributed by atoms with Gasteiger partial charge in [-0.05, 0) is 55.0 Å². The highest BCUT2D eigenvalue weighted by molar-refractivity contribution is 7.99. The predicted octanol–water partition coefficient (Wildman–Crippen LogP) is 3.44. The number of hydrogen-bond donors (Lipinski definition) is 2. The number of rotatable bonds is 4. The maximum absolute atomic E-state index is 12.1. The SMILES string of the molecule is COc1ccc(Sc2ccc(NC(=O)N3CCC(O)C3)cc2)cc1. The summed E-state index contributed by atoms with van der Waals surface area (Å²) in [5, 5.41) is 12.4. The first kappa shape index (κ1) is 16.7. The number of ether oxygens (including phenoxy) is 1. The third-order valence-electron chi connectivity index (χ3n) is 3.85. The average Bonchev–Trinajstić information content (AvgIpc) is 3.04. The molecule has 6 heteroatoms. The molecule has 24 heavy (non-hydrogen) atoms. The van der Waals surface area contributed by atoms with Crippen LogP contribution in [0.25, 0.3) is 0 Å². The van der Waals surface area contributed by atoms with Crippen LogP contribution in [0.1, 0.15) is 6.42 Å². The summed E-state index contributed by atoms with van der Waals surface area (Å²) < 4.78 is 5.15. The van der Waals surface area contributed by atoms with Gasteiger partial charge in [-0.25, -0.2) is 4.79 Å². The van der Waals surface area contributed by atoms with Crippen molar-refractivity contribution in [3.8, 4) is 5.75 Å². The molecule has 1 heterocycles. The van der Waals surface area contributed by atoms with Crippen molar-refractivity contribution < 1.29 is 14.6 Å². The van der Waals surface area contributed by atoms with Crippen molar-refractivity contribution in [3.63, 3.8) is 0 Å². The van der Waals surface area contributed by atoms with Crippen molar-refractivity contribution in [2.45, 2.75) is 22.3 Å². The van der Waals surface area contributed by atoms with Crippen LogP contribution in [0.15, 0.2) is 58.3 Å². The van der Waals surface area contributed by atoms with Crippen molar-refractivity contribution in [1.82, 2.24) is 4.90 Å². The molecule has 126 valence electrons. The number of likely N-dealkylation sites (tertiary alicyclic amines) is 1. The highest BCUT2D eigenvalue weighted by Crippen LogP contribution is 2.29. The lowest BCUT2D eigenvalue weighted by Gasteiger charge is -2.16. The molecule has 1 fully saturated rings. The van der Waals surface area contributed by atoms with E-state index in [1.165, 1.54) is 0 Å². The summed E-state index contributed by atoms with van der Waals surface area (Å²) in [6, 6.07) is 15.4. The lowest BCUT2D eigenvalue weighted by molar-refractivity contribution is 0.176. The Balaban J connectivity index is 1.57. The largest absolute Gasteiger partial charge is 0.497 e. The van der Waals surface area contributed by atoms with E-state index in [0.717, 1.165) is 21.2 Å². The van der Waals surface area contributed by atoms with Crippen LogP contribution in [0.2, 0.25) is 0 Å². The number of benzene rings is 2. The molecular weight excluding hydrogens is 324 g/mol. The normalized spacial score (nSPS) is 16.9. The number of urea groups is 1. The molecular formula is C18H20N2O3S. The van der Waals surface area contributed by atoms with Gasteiger partial charge in [-0.15, -0.1) is 0 Å². The van der Waals surface area contributed by atoms with Crippen molar-refractivity contribution in [3.05, 3.63) is 48.5 Å². The van der Waals surface area contributed by atoms with Crippen LogP contribution in [-0.2, 0) is 0 Å². The fourth-order valence-corrected chi connectivity index (χ4v) is 3.33. The molecule has 0 saturated carbocycles. The Labute approximate surface area is 145 Å². The molecule has 1 aliphatic rings. The standard InChI is InChI=1S/C18H20N2O3S/c1-23-15-4-8-17(9-5-15)24-16-6-2-13(3-7-16)19-18(22)20-11-10-14(21)12-20/h2-9,14,21H,10-12H2,1H3,(H,19,22). The summed E-state index contributed by atoms with van der Waals surface area (Å²) in [6.45, 7) is 0.996. The third-order valence-corrected chi connectivity index (χ3v) is 4.87. The lowest BCUT2D eigenvalue weighted by Crippen LogP contribution is -2.33. The van der Waals surface area contributed by atoms with E-state index in [9.17, 15) is 9.90 Å². The first-order chi connectivity index (χ1) is 11.6. The van der Waals surface area contributed by atoms with Gasteiger partial charge in [-0.3, -0.25) is 0 Å². The smallest absolute Gasteiger partial charge is 0.321 e. The summed E-state index contributed by atoms with van der Waals surface area (Å²) in [6.07, 6.45) is 0.240. The number of anilines is 1. The van der Waals surface area contributed by atoms with Crippen molar-refractivity contribution in [1.29, 1.82) is 0 Å². The van der Waals surface area contributed by atoms with E-state index < -0.39 is 6.10 Å². The predicted molar refractivity (Wildman–Crippen MR) is 94.8 cm³/mol. The minimum Gasteiger partial charge on any atom is -0.497 e. The molecule has 2 N–H and O–H groups in total. The van der Waals surface area contributed by atoms with Gasteiger partial charge in [0.15, 0.2) is 0 Å². The van der Waals surface area contributed by atoms with Crippen LogP contribution in [-0.4, -0.2) is 42.3 Å². The molecule has 2 amide bonds. The van der Waals surface area contributed by atoms with Crippen LogP contribution in [0.5, 0.6) is 5.75 Å². The summed E-state index contributed by atoms with van der Waals surface area (Å²) in [5.41, 5.74) is 0.750. The van der Waals surface area contributed by atoms with Gasteiger partial charge in [0.2, 0.25) is 0 Å². The van der Waals surface area contributed by atoms with Gasteiger partial charge in [0.25, 0.3) is 0 Å². The molecule has 5 nitrogen and oxygen atoms in total. The number of hydrogen-bond acceptors (Lipinski definition) is 4. The quantitative estimate of drug-likeness (QED) is 0.892. The zero-order valence-electron chi connectivity index (χ0n) is 13.4. The molecule has 1 atom stereocenters. The minimum atomic E-state index is -0.404. The Hall–Kier alpha value is -2.18. The number of nitrogens with zero attached hydrogens (tertiary/aromatic N) is 1. The molecule has 0 aliphatic carbocycles. The maximum Gasteiger partial charge on any atom is 0.321 e. The van der Waals surface area contributed by atoms with Gasteiger partial charge in [-0.2, -0.15) is 0 Å². The highest BCUT2D eigenvalue weighted by atomic mass is 32.2. The molecule has 2 aromatic rings. The molecule has 1 aliphatic heterocycles. The highest BCUT2D eigenvalue weighted by Gasteiger charge is 2.24. The topological polar surface area (TPSA) is 61.8 Å². The average molecular weight is 344 g/mol. The number of nitrogens with one attached hydrogen (secondary N) is 1. The van der Waals surface area contributed by atoms with Crippen LogP contribution >= 0.6 is 11.8 Å². The van der Waals surface area contributed by atoms with Crippen molar-refractivity contribution >= 4 is 23.5 Å². The van der Waals surface area contributed by atoms with Crippen LogP contribution in [0.3, 0.4) is 0 Å². The third kappa shape index (κ3) is 4.21. The Morgan fingerprint density at radius 1 is 1.17 bits per heavy atom. The number of methoxy groups -OCH3 is 1. The summed E-state index contributed by atoms with van der Waals surface area (Å²) >= 11 is 1.65. The molecule has 0 bridgehead atoms. The maximum atomic E-state index is 12.1. The van der Waals surface area contributed by atoms with E-state index in [-0.39, 0.29) is 6.03 Å². The van der Waals surface area contributed by atoms with E-state index in [0.29, 0.717) is 19.5 Å². The van der Waals surface area contributed by atoms with Crippen molar-refractivity contribution in [2.24, 2.45) is 0 Å². The molecule has 0 radical (unpaired) electrons. The van der Waals surface area contributed by atoms with Gasteiger partial charge >= 0.3 is 6.03 Å². The molecule has 1 unspecified atom stereocenters. The monoisotopic (exact) mass is 344 g/mol. The Kier molecular flexibility index (Phi) is 5.27. The van der Waals surface area contributed by atoms with Crippen molar-refractivity contribution in [2.75, 3.05) is 25.5 Å². The second-order valence-electron chi connectivity index (χ2n) is 5.62. The fraction of sp³-hybridized carbons (Fsp3) is 0.278. The molecule has 0 spiro atoms. The molecule has 2 aromatic carbocycles. The van der Waals surface area contributed by atoms with Gasteiger partial charge in [-0.1, -0.05) is 11.8 Å². The number of β-amino-alcohol motifs (C(OH)–C–C–N with tert-alkyl or cyclic N) is 1. The van der Waals surface area contributed by atoms with E-state index in [1.807, 2.05) is 48.5 Å². The second kappa shape index (κ2) is 7.59. The van der Waals surface area contributed by atoms with Gasteiger partial charge < -0.3 is 20.1 Å². The Bertz CT molecular complexity index is 688. The summed E-state index contributed by atoms with van der Waals surface area (Å²) in [4.78, 5) is 15.9. The Morgan fingerprint density at radius 3 is 2.33 bits per heavy atom. The van der Waals surface area contributed by atoms with Crippen LogP contribution in [0.4, 0.5) is 10.5 Å². The van der Waals surface area contributed by atoms with Gasteiger partial charge in [0.05, 0.1) is 13.2 Å². The number of carbonyl (C=O) groups excluding carboxylic acids is 1. The van der Waals surface area contributed by atoms with E-state index in [2.05, 4.69) is 5.32 Å². The zero-order valence-corrected chi connectivity index (χ0v) is 14.3. The zero-order chi connectivity index (χ0) is 16.9. The fourth-order valence-electron chi connectivity index (χ4n) is 2.51. The van der Waals surface area contributed by atoms with Gasteiger partial charge in [0, 0.05) is 28.6 Å². The lowest BCUT2D eigenvalue weighted by atomic mass is 10.3. The van der Waals surface area contributed by atoms with E-state index in [1.54, 1.807) is 23.8 Å². The minimum absolute atomic E-state index is 0.165. The Morgan fingerprint density at radius 2 is 1.79 bits per heavy atom. The molecule has 0 aromatic heterocycles. The van der Waals surface area contributed by atoms with Crippen LogP contribution in [0, 0.1) is 0 Å². The number of aliphatic hydroxyl groups is 1. The number of aliphatic hydroxyl groups excluding tert-OH is 1. The first-order valence-corrected chi connectivity index (χ1v) is 8.61. The van der Waals surface area contributed by atoms with Gasteiger partial charge in [0.1, 0.15) is 5.75 Å². The molecule has 3 rings (SSSR count). The van der Waals surface area contributed by atoms with Crippen LogP contribution < -0.4 is 10.1 Å². The summed E-state index contributed by atoms with van der Waals surface area (Å²) in [7, 11) is 1.65. The van der Waals surface area contributed by atoms with E-state index in [4.69, 9.17) is 4.74 Å². The summed E-state index contributed by atoms with van der Waals surface area (Å²) in [5.74, 6) is 0.837. The van der Waals surface area contributed by atoms with E-state index >= 15 is 0 Å². The first-order valence-electron chi connectivity index (χ1n) is 7.80. The second-order valence-corrected chi connectivity index (χ2v) is 6.77. The molecule has 1 saturated heterocycles. The number of amides is 2. The number of carbonyl (C=O) groups is 1.